The van der Waals surface area contributed by atoms with Crippen molar-refractivity contribution in [1.29, 1.82) is 5.26 Å². The van der Waals surface area contributed by atoms with Gasteiger partial charge in [-0.1, -0.05) is 18.2 Å². The molecule has 1 aromatic heterocycles. The molecular weight excluding hydrogens is 330 g/mol. The summed E-state index contributed by atoms with van der Waals surface area (Å²) in [4.78, 5) is 12.0. The summed E-state index contributed by atoms with van der Waals surface area (Å²) < 4.78 is 12.1. The Bertz CT molecular complexity index is 985. The third kappa shape index (κ3) is 3.97. The summed E-state index contributed by atoms with van der Waals surface area (Å²) in [6.45, 7) is 0. The smallest absolute Gasteiger partial charge is 0.336 e. The van der Waals surface area contributed by atoms with E-state index < -0.39 is 5.97 Å². The molecule has 6 nitrogen and oxygen atoms in total. The molecule has 1 heterocycles. The van der Waals surface area contributed by atoms with Gasteiger partial charge >= 0.3 is 5.97 Å². The Morgan fingerprint density at radius 1 is 1.19 bits per heavy atom. The number of carbonyl (C=O) groups is 1. The van der Waals surface area contributed by atoms with Gasteiger partial charge in [-0.25, -0.2) is 9.48 Å². The van der Waals surface area contributed by atoms with Gasteiger partial charge in [0.2, 0.25) is 0 Å². The van der Waals surface area contributed by atoms with Gasteiger partial charge < -0.3 is 9.47 Å². The van der Waals surface area contributed by atoms with Crippen molar-refractivity contribution in [2.45, 2.75) is 0 Å². The lowest BCUT2D eigenvalue weighted by Gasteiger charge is -2.07. The van der Waals surface area contributed by atoms with Crippen LogP contribution in [0.25, 0.3) is 11.8 Å². The molecule has 6 heteroatoms. The summed E-state index contributed by atoms with van der Waals surface area (Å²) in [6, 6.07) is 16.2. The van der Waals surface area contributed by atoms with Crippen molar-refractivity contribution in [1.82, 2.24) is 9.78 Å². The summed E-state index contributed by atoms with van der Waals surface area (Å²) >= 11 is 0. The predicted molar refractivity (Wildman–Crippen MR) is 95.9 cm³/mol. The molecule has 0 atom stereocenters. The van der Waals surface area contributed by atoms with Crippen LogP contribution in [0.2, 0.25) is 0 Å². The first-order chi connectivity index (χ1) is 12.7. The van der Waals surface area contributed by atoms with Gasteiger partial charge in [0.05, 0.1) is 30.6 Å². The number of benzene rings is 2. The van der Waals surface area contributed by atoms with E-state index in [1.165, 1.54) is 25.3 Å². The Morgan fingerprint density at radius 3 is 2.73 bits per heavy atom. The summed E-state index contributed by atoms with van der Waals surface area (Å²) in [5, 5.41) is 13.2. The molecule has 0 N–H and O–H groups in total. The number of ether oxygens (including phenoxy) is 2. The Hall–Kier alpha value is -3.85. The lowest BCUT2D eigenvalue weighted by molar-refractivity contribution is -0.129. The minimum absolute atomic E-state index is 0.251. The molecule has 0 spiro atoms. The Balaban J connectivity index is 1.69. The summed E-state index contributed by atoms with van der Waals surface area (Å²) in [6.07, 6.45) is 6.38. The minimum Gasteiger partial charge on any atom is -0.493 e. The second-order valence-electron chi connectivity index (χ2n) is 5.29. The van der Waals surface area contributed by atoms with E-state index in [2.05, 4.69) is 5.10 Å². The first-order valence-corrected chi connectivity index (χ1v) is 7.78. The van der Waals surface area contributed by atoms with E-state index in [0.29, 0.717) is 11.3 Å². The molecule has 0 fully saturated rings. The molecule has 2 aromatic carbocycles. The van der Waals surface area contributed by atoms with Gasteiger partial charge in [-0.2, -0.15) is 10.4 Å². The fraction of sp³-hybridized carbons (Fsp3) is 0.0500. The lowest BCUT2D eigenvalue weighted by atomic mass is 10.2. The van der Waals surface area contributed by atoms with E-state index in [1.54, 1.807) is 29.2 Å². The van der Waals surface area contributed by atoms with Gasteiger partial charge in [-0.05, 0) is 30.3 Å². The van der Waals surface area contributed by atoms with Crippen molar-refractivity contribution in [3.05, 3.63) is 78.1 Å². The van der Waals surface area contributed by atoms with Crippen LogP contribution in [0.3, 0.4) is 0 Å². The minimum atomic E-state index is -0.555. The normalized spacial score (nSPS) is 10.5. The predicted octanol–water partition coefficient (Wildman–Crippen LogP) is 3.37. The Morgan fingerprint density at radius 2 is 2.00 bits per heavy atom. The van der Waals surface area contributed by atoms with E-state index in [-0.39, 0.29) is 5.75 Å². The van der Waals surface area contributed by atoms with Gasteiger partial charge in [0.1, 0.15) is 0 Å². The molecule has 0 unspecified atom stereocenters. The molecule has 0 saturated carbocycles. The molecule has 26 heavy (non-hydrogen) atoms. The van der Waals surface area contributed by atoms with Crippen LogP contribution in [0.4, 0.5) is 0 Å². The number of methoxy groups -OCH3 is 1. The van der Waals surface area contributed by atoms with Crippen LogP contribution in [0.1, 0.15) is 11.1 Å². The van der Waals surface area contributed by atoms with Crippen molar-refractivity contribution in [2.24, 2.45) is 0 Å². The molecule has 0 amide bonds. The summed E-state index contributed by atoms with van der Waals surface area (Å²) in [5.74, 6) is 0.0179. The Labute approximate surface area is 150 Å². The van der Waals surface area contributed by atoms with E-state index in [9.17, 15) is 4.79 Å². The average molecular weight is 345 g/mol. The third-order valence-corrected chi connectivity index (χ3v) is 3.54. The van der Waals surface area contributed by atoms with Gasteiger partial charge in [0.15, 0.2) is 11.5 Å². The molecule has 128 valence electrons. The molecule has 0 aliphatic heterocycles. The SMILES string of the molecule is COc1cc(C#N)ccc1OC(=O)/C=C/c1cnn(-c2ccccc2)c1. The van der Waals surface area contributed by atoms with E-state index in [4.69, 9.17) is 14.7 Å². The van der Waals surface area contributed by atoms with E-state index >= 15 is 0 Å². The number of hydrogen-bond donors (Lipinski definition) is 0. The zero-order valence-electron chi connectivity index (χ0n) is 14.0. The van der Waals surface area contributed by atoms with Crippen LogP contribution < -0.4 is 9.47 Å². The molecule has 0 radical (unpaired) electrons. The number of nitriles is 1. The molecule has 0 aliphatic rings. The fourth-order valence-corrected chi connectivity index (χ4v) is 2.27. The van der Waals surface area contributed by atoms with Crippen molar-refractivity contribution in [2.75, 3.05) is 7.11 Å². The molecule has 3 rings (SSSR count). The van der Waals surface area contributed by atoms with Crippen molar-refractivity contribution >= 4 is 12.0 Å². The highest BCUT2D eigenvalue weighted by atomic mass is 16.6. The van der Waals surface area contributed by atoms with Crippen LogP contribution in [0, 0.1) is 11.3 Å². The maximum atomic E-state index is 12.0. The number of nitrogens with zero attached hydrogens (tertiary/aromatic N) is 3. The second-order valence-corrected chi connectivity index (χ2v) is 5.29. The number of rotatable bonds is 5. The number of hydrogen-bond acceptors (Lipinski definition) is 5. The van der Waals surface area contributed by atoms with Crippen LogP contribution in [-0.4, -0.2) is 22.9 Å². The Kier molecular flexibility index (Phi) is 5.11. The maximum absolute atomic E-state index is 12.0. The van der Waals surface area contributed by atoms with Crippen molar-refractivity contribution in [3.63, 3.8) is 0 Å². The average Bonchev–Trinajstić information content (AvgIpc) is 3.16. The lowest BCUT2D eigenvalue weighted by Crippen LogP contribution is -2.05. The van der Waals surface area contributed by atoms with Crippen LogP contribution in [-0.2, 0) is 4.79 Å². The maximum Gasteiger partial charge on any atom is 0.336 e. The van der Waals surface area contributed by atoms with Gasteiger partial charge in [0.25, 0.3) is 0 Å². The second kappa shape index (κ2) is 7.81. The number of para-hydroxylation sites is 1. The zero-order valence-corrected chi connectivity index (χ0v) is 14.0. The highest BCUT2D eigenvalue weighted by Crippen LogP contribution is 2.28. The standard InChI is InChI=1S/C20H15N3O3/c1-25-19-11-15(12-21)7-9-18(19)26-20(24)10-8-16-13-22-23(14-16)17-5-3-2-4-6-17/h2-11,13-14H,1H3/b10-8+. The quantitative estimate of drug-likeness (QED) is 0.402. The topological polar surface area (TPSA) is 77.1 Å². The summed E-state index contributed by atoms with van der Waals surface area (Å²) in [7, 11) is 1.45. The fourth-order valence-electron chi connectivity index (χ4n) is 2.27. The van der Waals surface area contributed by atoms with Crippen LogP contribution >= 0.6 is 0 Å². The van der Waals surface area contributed by atoms with Gasteiger partial charge in [0, 0.05) is 23.9 Å². The number of carbonyl (C=O) groups excluding carboxylic acids is 1. The van der Waals surface area contributed by atoms with Gasteiger partial charge in [-0.3, -0.25) is 0 Å². The van der Waals surface area contributed by atoms with Gasteiger partial charge in [-0.15, -0.1) is 0 Å². The highest BCUT2D eigenvalue weighted by Gasteiger charge is 2.09. The number of esters is 1. The van der Waals surface area contributed by atoms with Crippen LogP contribution in [0.15, 0.2) is 67.0 Å². The first-order valence-electron chi connectivity index (χ1n) is 7.78. The zero-order chi connectivity index (χ0) is 18.4. The van der Waals surface area contributed by atoms with E-state index in [0.717, 1.165) is 11.3 Å². The van der Waals surface area contributed by atoms with E-state index in [1.807, 2.05) is 36.4 Å². The molecule has 3 aromatic rings. The monoisotopic (exact) mass is 345 g/mol. The van der Waals surface area contributed by atoms with Crippen LogP contribution in [0.5, 0.6) is 11.5 Å². The number of aromatic nitrogens is 2. The van der Waals surface area contributed by atoms with Crippen molar-refractivity contribution in [3.8, 4) is 23.3 Å². The molecule has 0 bridgehead atoms. The molecule has 0 aliphatic carbocycles. The molecular formula is C20H15N3O3. The summed E-state index contributed by atoms with van der Waals surface area (Å²) in [5.41, 5.74) is 2.11. The third-order valence-electron chi connectivity index (χ3n) is 3.54. The van der Waals surface area contributed by atoms with Crippen molar-refractivity contribution < 1.29 is 14.3 Å². The largest absolute Gasteiger partial charge is 0.493 e. The highest BCUT2D eigenvalue weighted by molar-refractivity contribution is 5.89. The first kappa shape index (κ1) is 17.0. The molecule has 0 saturated heterocycles.